The second-order valence-electron chi connectivity index (χ2n) is 4.47. The van der Waals surface area contributed by atoms with Gasteiger partial charge in [0.05, 0.1) is 10.0 Å². The van der Waals surface area contributed by atoms with Crippen LogP contribution in [0.4, 0.5) is 0 Å². The second-order valence-corrected chi connectivity index (χ2v) is 5.61. The van der Waals surface area contributed by atoms with Gasteiger partial charge >= 0.3 is 0 Å². The standard InChI is InChI=1S/C10H13Cl3N2.ClH/c1-10(2,3)8(14)6-5(11)4-15-9(13)7(6)12;/h4,8H,14H2,1-3H3;1H/t8-;/m1./s1. The first-order valence-corrected chi connectivity index (χ1v) is 5.63. The Bertz CT molecular complexity index is 374. The molecule has 0 aliphatic rings. The molecule has 1 atom stereocenters. The SMILES string of the molecule is CC(C)(C)[C@H](N)c1c(Cl)cnc(Cl)c1Cl.Cl. The van der Waals surface area contributed by atoms with Crippen LogP contribution in [0.2, 0.25) is 15.2 Å². The van der Waals surface area contributed by atoms with E-state index in [9.17, 15) is 0 Å². The Balaban J connectivity index is 0.00000225. The summed E-state index contributed by atoms with van der Waals surface area (Å²) in [5, 5.41) is 1.02. The van der Waals surface area contributed by atoms with Crippen molar-refractivity contribution in [1.29, 1.82) is 0 Å². The van der Waals surface area contributed by atoms with E-state index < -0.39 is 0 Å². The topological polar surface area (TPSA) is 38.9 Å². The van der Waals surface area contributed by atoms with Crippen molar-refractivity contribution in [3.05, 3.63) is 27.0 Å². The zero-order valence-electron chi connectivity index (χ0n) is 9.22. The summed E-state index contributed by atoms with van der Waals surface area (Å²) in [5.41, 5.74) is 6.60. The Morgan fingerprint density at radius 1 is 1.25 bits per heavy atom. The van der Waals surface area contributed by atoms with Crippen LogP contribution in [0.15, 0.2) is 6.20 Å². The van der Waals surface area contributed by atoms with Gasteiger partial charge in [0, 0.05) is 17.8 Å². The molecule has 1 aromatic rings. The predicted octanol–water partition coefficient (Wildman–Crippen LogP) is 4.51. The van der Waals surface area contributed by atoms with E-state index in [1.54, 1.807) is 0 Å². The van der Waals surface area contributed by atoms with Gasteiger partial charge in [-0.3, -0.25) is 0 Å². The van der Waals surface area contributed by atoms with Crippen LogP contribution in [0.3, 0.4) is 0 Å². The van der Waals surface area contributed by atoms with E-state index in [1.807, 2.05) is 20.8 Å². The molecule has 6 heteroatoms. The van der Waals surface area contributed by atoms with Crippen LogP contribution in [0, 0.1) is 5.41 Å². The fraction of sp³-hybridized carbons (Fsp3) is 0.500. The molecule has 2 N–H and O–H groups in total. The molecule has 2 nitrogen and oxygen atoms in total. The lowest BCUT2D eigenvalue weighted by molar-refractivity contribution is 0.327. The molecule has 0 spiro atoms. The maximum atomic E-state index is 6.09. The van der Waals surface area contributed by atoms with E-state index in [0.29, 0.717) is 15.6 Å². The summed E-state index contributed by atoms with van der Waals surface area (Å²) < 4.78 is 0. The summed E-state index contributed by atoms with van der Waals surface area (Å²) >= 11 is 17.9. The maximum absolute atomic E-state index is 6.09. The minimum Gasteiger partial charge on any atom is -0.323 e. The van der Waals surface area contributed by atoms with Gasteiger partial charge in [0.2, 0.25) is 0 Å². The van der Waals surface area contributed by atoms with Crippen molar-refractivity contribution in [1.82, 2.24) is 4.98 Å². The van der Waals surface area contributed by atoms with Gasteiger partial charge in [-0.15, -0.1) is 12.4 Å². The van der Waals surface area contributed by atoms with Crippen LogP contribution in [-0.4, -0.2) is 4.98 Å². The monoisotopic (exact) mass is 302 g/mol. The van der Waals surface area contributed by atoms with Crippen molar-refractivity contribution in [2.24, 2.45) is 11.1 Å². The number of aromatic nitrogens is 1. The van der Waals surface area contributed by atoms with Gasteiger partial charge < -0.3 is 5.73 Å². The van der Waals surface area contributed by atoms with Gasteiger partial charge in [-0.2, -0.15) is 0 Å². The third kappa shape index (κ3) is 3.38. The van der Waals surface area contributed by atoms with Gasteiger partial charge in [0.1, 0.15) is 5.15 Å². The molecule has 0 saturated carbocycles. The number of hydrogen-bond donors (Lipinski definition) is 1. The van der Waals surface area contributed by atoms with E-state index in [4.69, 9.17) is 40.5 Å². The molecule has 0 aliphatic carbocycles. The van der Waals surface area contributed by atoms with Crippen molar-refractivity contribution in [3.63, 3.8) is 0 Å². The van der Waals surface area contributed by atoms with Crippen LogP contribution >= 0.6 is 47.2 Å². The molecule has 1 aromatic heterocycles. The minimum absolute atomic E-state index is 0. The summed E-state index contributed by atoms with van der Waals surface area (Å²) in [6.45, 7) is 6.04. The lowest BCUT2D eigenvalue weighted by Gasteiger charge is -2.28. The van der Waals surface area contributed by atoms with Crippen molar-refractivity contribution in [2.75, 3.05) is 0 Å². The third-order valence-electron chi connectivity index (χ3n) is 2.21. The molecular formula is C10H14Cl4N2. The highest BCUT2D eigenvalue weighted by atomic mass is 35.5. The van der Waals surface area contributed by atoms with E-state index in [0.717, 1.165) is 0 Å². The second kappa shape index (κ2) is 5.74. The summed E-state index contributed by atoms with van der Waals surface area (Å²) in [4.78, 5) is 3.85. The average molecular weight is 304 g/mol. The van der Waals surface area contributed by atoms with Gasteiger partial charge in [0.25, 0.3) is 0 Å². The van der Waals surface area contributed by atoms with Gasteiger partial charge in [0.15, 0.2) is 0 Å². The minimum atomic E-state index is -0.280. The van der Waals surface area contributed by atoms with Crippen molar-refractivity contribution >= 4 is 47.2 Å². The fourth-order valence-electron chi connectivity index (χ4n) is 1.17. The number of hydrogen-bond acceptors (Lipinski definition) is 2. The lowest BCUT2D eigenvalue weighted by atomic mass is 9.83. The van der Waals surface area contributed by atoms with Gasteiger partial charge in [-0.1, -0.05) is 55.6 Å². The zero-order chi connectivity index (χ0) is 11.8. The first-order valence-electron chi connectivity index (χ1n) is 4.50. The molecule has 16 heavy (non-hydrogen) atoms. The molecule has 0 amide bonds. The van der Waals surface area contributed by atoms with Crippen molar-refractivity contribution in [2.45, 2.75) is 26.8 Å². The third-order valence-corrected chi connectivity index (χ3v) is 3.28. The predicted molar refractivity (Wildman–Crippen MR) is 72.9 cm³/mol. The first kappa shape index (κ1) is 16.3. The van der Waals surface area contributed by atoms with Crippen LogP contribution in [-0.2, 0) is 0 Å². The number of nitrogens with two attached hydrogens (primary N) is 1. The summed E-state index contributed by atoms with van der Waals surface area (Å²) in [6.07, 6.45) is 1.47. The molecule has 1 rings (SSSR count). The van der Waals surface area contributed by atoms with Crippen LogP contribution in [0.1, 0.15) is 32.4 Å². The first-order chi connectivity index (χ1) is 6.75. The summed E-state index contributed by atoms with van der Waals surface area (Å²) in [7, 11) is 0. The molecule has 0 saturated heterocycles. The molecule has 92 valence electrons. The summed E-state index contributed by atoms with van der Waals surface area (Å²) in [6, 6.07) is -0.280. The Hall–Kier alpha value is 0.270. The average Bonchev–Trinajstić information content (AvgIpc) is 2.10. The van der Waals surface area contributed by atoms with Gasteiger partial charge in [-0.25, -0.2) is 4.98 Å². The smallest absolute Gasteiger partial charge is 0.148 e. The molecule has 0 fully saturated rings. The van der Waals surface area contributed by atoms with Crippen LogP contribution in [0.25, 0.3) is 0 Å². The number of nitrogens with zero attached hydrogens (tertiary/aromatic N) is 1. The number of pyridine rings is 1. The lowest BCUT2D eigenvalue weighted by Crippen LogP contribution is -2.27. The molecule has 0 bridgehead atoms. The van der Waals surface area contributed by atoms with Crippen molar-refractivity contribution < 1.29 is 0 Å². The Labute approximate surface area is 117 Å². The highest BCUT2D eigenvalue weighted by Crippen LogP contribution is 2.40. The van der Waals surface area contributed by atoms with Crippen molar-refractivity contribution in [3.8, 4) is 0 Å². The largest absolute Gasteiger partial charge is 0.323 e. The van der Waals surface area contributed by atoms with E-state index >= 15 is 0 Å². The zero-order valence-corrected chi connectivity index (χ0v) is 12.3. The number of halogens is 4. The molecule has 0 aromatic carbocycles. The normalized spacial score (nSPS) is 13.2. The van der Waals surface area contributed by atoms with E-state index in [-0.39, 0.29) is 29.0 Å². The Kier molecular flexibility index (Phi) is 5.84. The summed E-state index contributed by atoms with van der Waals surface area (Å²) in [5.74, 6) is 0. The fourth-order valence-corrected chi connectivity index (χ4v) is 1.90. The molecule has 0 unspecified atom stereocenters. The molecule has 0 aliphatic heterocycles. The Morgan fingerprint density at radius 3 is 2.19 bits per heavy atom. The van der Waals surface area contributed by atoms with Crippen LogP contribution < -0.4 is 5.73 Å². The molecule has 1 heterocycles. The highest BCUT2D eigenvalue weighted by molar-refractivity contribution is 6.43. The van der Waals surface area contributed by atoms with Gasteiger partial charge in [-0.05, 0) is 5.41 Å². The molecular weight excluding hydrogens is 290 g/mol. The Morgan fingerprint density at radius 2 is 1.75 bits per heavy atom. The van der Waals surface area contributed by atoms with E-state index in [1.165, 1.54) is 6.20 Å². The van der Waals surface area contributed by atoms with E-state index in [2.05, 4.69) is 4.98 Å². The number of rotatable bonds is 1. The quantitative estimate of drug-likeness (QED) is 0.775. The maximum Gasteiger partial charge on any atom is 0.148 e. The van der Waals surface area contributed by atoms with Crippen LogP contribution in [0.5, 0.6) is 0 Å². The molecule has 0 radical (unpaired) electrons. The highest BCUT2D eigenvalue weighted by Gasteiger charge is 2.27.